The zero-order valence-electron chi connectivity index (χ0n) is 12.3. The van der Waals surface area contributed by atoms with Gasteiger partial charge in [-0.3, -0.25) is 0 Å². The van der Waals surface area contributed by atoms with Crippen molar-refractivity contribution >= 4 is 0 Å². The van der Waals surface area contributed by atoms with Gasteiger partial charge in [-0.15, -0.1) is 0 Å². The van der Waals surface area contributed by atoms with Crippen molar-refractivity contribution in [2.45, 2.75) is 76.1 Å². The molecule has 1 aliphatic carbocycles. The average molecular weight is 267 g/mol. The molecular weight excluding hydrogens is 238 g/mol. The lowest BCUT2D eigenvalue weighted by Gasteiger charge is -2.34. The highest BCUT2D eigenvalue weighted by Crippen LogP contribution is 2.42. The van der Waals surface area contributed by atoms with Gasteiger partial charge in [-0.1, -0.05) is 19.3 Å². The van der Waals surface area contributed by atoms with Gasteiger partial charge >= 0.3 is 0 Å². The van der Waals surface area contributed by atoms with E-state index in [1.54, 1.807) is 0 Å². The maximum atomic E-state index is 9.67. The molecule has 1 saturated carbocycles. The monoisotopic (exact) mass is 267 g/mol. The molecule has 3 heteroatoms. The second-order valence-corrected chi connectivity index (χ2v) is 7.07. The largest absolute Gasteiger partial charge is 0.393 e. The first-order valence-electron chi connectivity index (χ1n) is 8.25. The number of nitrogens with zero attached hydrogens (tertiary/aromatic N) is 1. The number of ether oxygens (including phenoxy) is 1. The molecule has 3 unspecified atom stereocenters. The van der Waals surface area contributed by atoms with Crippen molar-refractivity contribution in [2.75, 3.05) is 19.6 Å². The molecule has 19 heavy (non-hydrogen) atoms. The third-order valence-electron chi connectivity index (χ3n) is 5.56. The summed E-state index contributed by atoms with van der Waals surface area (Å²) in [4.78, 5) is 2.50. The molecule has 3 rings (SSSR count). The second kappa shape index (κ2) is 5.71. The average Bonchev–Trinajstić information content (AvgIpc) is 2.99. The van der Waals surface area contributed by atoms with Gasteiger partial charge in [0.05, 0.1) is 17.8 Å². The van der Waals surface area contributed by atoms with E-state index in [0.717, 1.165) is 26.1 Å². The number of likely N-dealkylation sites (tertiary alicyclic amines) is 1. The van der Waals surface area contributed by atoms with E-state index in [1.165, 1.54) is 44.9 Å². The molecule has 0 aromatic heterocycles. The second-order valence-electron chi connectivity index (χ2n) is 7.07. The molecule has 2 aliphatic heterocycles. The van der Waals surface area contributed by atoms with Gasteiger partial charge in [0, 0.05) is 13.1 Å². The van der Waals surface area contributed by atoms with Crippen LogP contribution in [0.15, 0.2) is 0 Å². The fourth-order valence-electron chi connectivity index (χ4n) is 4.30. The van der Waals surface area contributed by atoms with Crippen LogP contribution in [0.4, 0.5) is 0 Å². The molecular formula is C16H29NO2. The Bertz CT molecular complexity index is 299. The summed E-state index contributed by atoms with van der Waals surface area (Å²) in [5, 5.41) is 9.67. The highest BCUT2D eigenvalue weighted by Gasteiger charge is 2.41. The summed E-state index contributed by atoms with van der Waals surface area (Å²) in [6.07, 6.45) is 10.7. The van der Waals surface area contributed by atoms with Crippen LogP contribution in [0.3, 0.4) is 0 Å². The highest BCUT2D eigenvalue weighted by molar-refractivity contribution is 4.92. The van der Waals surface area contributed by atoms with Crippen molar-refractivity contribution < 1.29 is 9.84 Å². The Morgan fingerprint density at radius 1 is 1.21 bits per heavy atom. The molecule has 2 heterocycles. The first-order chi connectivity index (χ1) is 9.17. The molecule has 3 fully saturated rings. The van der Waals surface area contributed by atoms with Crippen molar-refractivity contribution in [3.63, 3.8) is 0 Å². The first kappa shape index (κ1) is 13.8. The van der Waals surface area contributed by atoms with Crippen LogP contribution in [0, 0.1) is 5.92 Å². The summed E-state index contributed by atoms with van der Waals surface area (Å²) in [6, 6.07) is 0. The molecule has 0 aromatic carbocycles. The van der Waals surface area contributed by atoms with Crippen molar-refractivity contribution in [1.29, 1.82) is 0 Å². The molecule has 0 amide bonds. The van der Waals surface area contributed by atoms with E-state index in [1.807, 2.05) is 6.92 Å². The normalized spacial score (nSPS) is 36.9. The standard InChI is InChI=1S/C16H29NO2/c1-13(18)14-6-10-17(11-14)12-15-5-9-16(19-15)7-3-2-4-8-16/h13-15,18H,2-12H2,1H3. The van der Waals surface area contributed by atoms with Crippen LogP contribution < -0.4 is 0 Å². The van der Waals surface area contributed by atoms with Gasteiger partial charge in [0.2, 0.25) is 0 Å². The summed E-state index contributed by atoms with van der Waals surface area (Å²) < 4.78 is 6.44. The molecule has 3 aliphatic rings. The van der Waals surface area contributed by atoms with Crippen molar-refractivity contribution in [3.8, 4) is 0 Å². The molecule has 3 atom stereocenters. The Morgan fingerprint density at radius 2 is 2.00 bits per heavy atom. The SMILES string of the molecule is CC(O)C1CCN(CC2CCC3(CCCCC3)O2)C1. The molecule has 0 bridgehead atoms. The maximum absolute atomic E-state index is 9.67. The van der Waals surface area contributed by atoms with Crippen LogP contribution in [-0.2, 0) is 4.74 Å². The molecule has 0 aromatic rings. The molecule has 1 spiro atoms. The van der Waals surface area contributed by atoms with Gasteiger partial charge in [0.1, 0.15) is 0 Å². The lowest BCUT2D eigenvalue weighted by Crippen LogP contribution is -2.36. The highest BCUT2D eigenvalue weighted by atomic mass is 16.5. The Morgan fingerprint density at radius 3 is 2.68 bits per heavy atom. The van der Waals surface area contributed by atoms with Gasteiger partial charge in [0.15, 0.2) is 0 Å². The number of aliphatic hydroxyl groups is 1. The molecule has 3 nitrogen and oxygen atoms in total. The maximum Gasteiger partial charge on any atom is 0.0710 e. The quantitative estimate of drug-likeness (QED) is 0.853. The minimum absolute atomic E-state index is 0.154. The number of hydrogen-bond donors (Lipinski definition) is 1. The number of hydrogen-bond acceptors (Lipinski definition) is 3. The smallest absolute Gasteiger partial charge is 0.0710 e. The van der Waals surface area contributed by atoms with Gasteiger partial charge in [-0.05, 0) is 51.5 Å². The van der Waals surface area contributed by atoms with Crippen molar-refractivity contribution in [3.05, 3.63) is 0 Å². The lowest BCUT2D eigenvalue weighted by molar-refractivity contribution is -0.0708. The third-order valence-corrected chi connectivity index (χ3v) is 5.56. The van der Waals surface area contributed by atoms with Gasteiger partial charge in [-0.2, -0.15) is 0 Å². The fraction of sp³-hybridized carbons (Fsp3) is 1.00. The predicted octanol–water partition coefficient (Wildman–Crippen LogP) is 2.57. The topological polar surface area (TPSA) is 32.7 Å². The summed E-state index contributed by atoms with van der Waals surface area (Å²) in [6.45, 7) is 5.22. The summed E-state index contributed by atoms with van der Waals surface area (Å²) >= 11 is 0. The third kappa shape index (κ3) is 3.14. The van der Waals surface area contributed by atoms with Crippen molar-refractivity contribution in [1.82, 2.24) is 4.90 Å². The Kier molecular flexibility index (Phi) is 4.16. The van der Waals surface area contributed by atoms with Gasteiger partial charge in [0.25, 0.3) is 0 Å². The van der Waals surface area contributed by atoms with E-state index in [9.17, 15) is 5.11 Å². The van der Waals surface area contributed by atoms with Crippen LogP contribution in [0.25, 0.3) is 0 Å². The molecule has 0 radical (unpaired) electrons. The van der Waals surface area contributed by atoms with E-state index in [2.05, 4.69) is 4.90 Å². The minimum Gasteiger partial charge on any atom is -0.393 e. The van der Waals surface area contributed by atoms with Crippen molar-refractivity contribution in [2.24, 2.45) is 5.92 Å². The summed E-state index contributed by atoms with van der Waals surface area (Å²) in [5.41, 5.74) is 0.256. The summed E-state index contributed by atoms with van der Waals surface area (Å²) in [5.74, 6) is 0.477. The van der Waals surface area contributed by atoms with Crippen LogP contribution in [-0.4, -0.2) is 47.4 Å². The van der Waals surface area contributed by atoms with Crippen LogP contribution in [0.1, 0.15) is 58.3 Å². The molecule has 1 N–H and O–H groups in total. The number of aliphatic hydroxyl groups excluding tert-OH is 1. The summed E-state index contributed by atoms with van der Waals surface area (Å²) in [7, 11) is 0. The van der Waals surface area contributed by atoms with Gasteiger partial charge in [-0.25, -0.2) is 0 Å². The zero-order chi connectivity index (χ0) is 13.3. The van der Waals surface area contributed by atoms with E-state index < -0.39 is 0 Å². The predicted molar refractivity (Wildman–Crippen MR) is 76.2 cm³/mol. The Hall–Kier alpha value is -0.120. The minimum atomic E-state index is -0.154. The van der Waals surface area contributed by atoms with Crippen LogP contribution in [0.2, 0.25) is 0 Å². The lowest BCUT2D eigenvalue weighted by atomic mass is 9.83. The number of rotatable bonds is 3. The molecule has 110 valence electrons. The van der Waals surface area contributed by atoms with Gasteiger partial charge < -0.3 is 14.7 Å². The Labute approximate surface area is 117 Å². The Balaban J connectivity index is 1.47. The van der Waals surface area contributed by atoms with E-state index in [4.69, 9.17) is 4.74 Å². The van der Waals surface area contributed by atoms with E-state index in [-0.39, 0.29) is 11.7 Å². The first-order valence-corrected chi connectivity index (χ1v) is 8.25. The van der Waals surface area contributed by atoms with E-state index >= 15 is 0 Å². The van der Waals surface area contributed by atoms with Crippen LogP contribution >= 0.6 is 0 Å². The van der Waals surface area contributed by atoms with Crippen LogP contribution in [0.5, 0.6) is 0 Å². The zero-order valence-corrected chi connectivity index (χ0v) is 12.3. The van der Waals surface area contributed by atoms with E-state index in [0.29, 0.717) is 12.0 Å². The molecule has 2 saturated heterocycles. The fourth-order valence-corrected chi connectivity index (χ4v) is 4.30.